The van der Waals surface area contributed by atoms with Gasteiger partial charge in [-0.1, -0.05) is 18.2 Å². The van der Waals surface area contributed by atoms with Crippen LogP contribution in [0.5, 0.6) is 0 Å². The number of aliphatic hydroxyl groups excluding tert-OH is 1. The Morgan fingerprint density at radius 1 is 1.39 bits per heavy atom. The Labute approximate surface area is 108 Å². The van der Waals surface area contributed by atoms with Gasteiger partial charge in [-0.25, -0.2) is 4.79 Å². The van der Waals surface area contributed by atoms with Crippen LogP contribution in [0, 0.1) is 5.92 Å². The van der Waals surface area contributed by atoms with E-state index in [1.54, 1.807) is 0 Å². The summed E-state index contributed by atoms with van der Waals surface area (Å²) in [5, 5.41) is 11.9. The monoisotopic (exact) mass is 248 g/mol. The van der Waals surface area contributed by atoms with Crippen LogP contribution in [0.3, 0.4) is 0 Å². The van der Waals surface area contributed by atoms with Crippen molar-refractivity contribution < 1.29 is 9.90 Å². The second kappa shape index (κ2) is 6.40. The fourth-order valence-corrected chi connectivity index (χ4v) is 2.39. The first-order chi connectivity index (χ1) is 8.79. The van der Waals surface area contributed by atoms with Crippen molar-refractivity contribution in [2.75, 3.05) is 25.0 Å². The highest BCUT2D eigenvalue weighted by molar-refractivity contribution is 5.89. The first-order valence-electron chi connectivity index (χ1n) is 6.51. The van der Waals surface area contributed by atoms with Crippen LogP contribution < -0.4 is 5.32 Å². The molecule has 1 fully saturated rings. The number of likely N-dealkylation sites (tertiary alicyclic amines) is 1. The summed E-state index contributed by atoms with van der Waals surface area (Å²) in [6, 6.07) is 9.46. The van der Waals surface area contributed by atoms with Crippen molar-refractivity contribution in [1.82, 2.24) is 4.90 Å². The SMILES string of the molecule is O=C(Nc1ccccc1)N1CCCC(CCO)C1. The van der Waals surface area contributed by atoms with E-state index in [4.69, 9.17) is 5.11 Å². The second-order valence-corrected chi connectivity index (χ2v) is 4.76. The summed E-state index contributed by atoms with van der Waals surface area (Å²) >= 11 is 0. The van der Waals surface area contributed by atoms with Crippen LogP contribution in [0.4, 0.5) is 10.5 Å². The molecule has 1 aliphatic heterocycles. The molecule has 1 atom stereocenters. The predicted octanol–water partition coefficient (Wildman–Crippen LogP) is 2.31. The average molecular weight is 248 g/mol. The van der Waals surface area contributed by atoms with Gasteiger partial charge in [-0.2, -0.15) is 0 Å². The van der Waals surface area contributed by atoms with Crippen molar-refractivity contribution >= 4 is 11.7 Å². The molecule has 0 aliphatic carbocycles. The molecule has 0 aromatic heterocycles. The van der Waals surface area contributed by atoms with Gasteiger partial charge in [-0.05, 0) is 37.3 Å². The number of para-hydroxylation sites is 1. The molecule has 18 heavy (non-hydrogen) atoms. The van der Waals surface area contributed by atoms with Crippen LogP contribution >= 0.6 is 0 Å². The van der Waals surface area contributed by atoms with Crippen molar-refractivity contribution in [3.05, 3.63) is 30.3 Å². The predicted molar refractivity (Wildman–Crippen MR) is 71.5 cm³/mol. The summed E-state index contributed by atoms with van der Waals surface area (Å²) in [4.78, 5) is 13.9. The zero-order chi connectivity index (χ0) is 12.8. The molecule has 2 rings (SSSR count). The normalized spacial score (nSPS) is 19.6. The first-order valence-corrected chi connectivity index (χ1v) is 6.51. The maximum atomic E-state index is 12.1. The van der Waals surface area contributed by atoms with Gasteiger partial charge in [0.05, 0.1) is 0 Å². The van der Waals surface area contributed by atoms with Crippen molar-refractivity contribution in [2.45, 2.75) is 19.3 Å². The number of hydrogen-bond acceptors (Lipinski definition) is 2. The van der Waals surface area contributed by atoms with Gasteiger partial charge >= 0.3 is 6.03 Å². The number of nitrogens with zero attached hydrogens (tertiary/aromatic N) is 1. The lowest BCUT2D eigenvalue weighted by Gasteiger charge is -2.32. The van der Waals surface area contributed by atoms with Crippen LogP contribution in [-0.4, -0.2) is 35.7 Å². The molecule has 1 aliphatic rings. The average Bonchev–Trinajstić information content (AvgIpc) is 2.40. The number of anilines is 1. The summed E-state index contributed by atoms with van der Waals surface area (Å²) in [7, 11) is 0. The second-order valence-electron chi connectivity index (χ2n) is 4.76. The number of benzene rings is 1. The molecule has 1 unspecified atom stereocenters. The number of hydrogen-bond donors (Lipinski definition) is 2. The molecule has 1 aromatic carbocycles. The number of piperidine rings is 1. The minimum Gasteiger partial charge on any atom is -0.396 e. The Hall–Kier alpha value is -1.55. The summed E-state index contributed by atoms with van der Waals surface area (Å²) < 4.78 is 0. The third-order valence-electron chi connectivity index (χ3n) is 3.37. The van der Waals surface area contributed by atoms with Gasteiger partial charge in [0.25, 0.3) is 0 Å². The van der Waals surface area contributed by atoms with E-state index >= 15 is 0 Å². The largest absolute Gasteiger partial charge is 0.396 e. The molecule has 1 saturated heterocycles. The van der Waals surface area contributed by atoms with E-state index in [2.05, 4.69) is 5.32 Å². The molecular weight excluding hydrogens is 228 g/mol. The number of carbonyl (C=O) groups excluding carboxylic acids is 1. The standard InChI is InChI=1S/C14H20N2O2/c17-10-8-12-5-4-9-16(11-12)14(18)15-13-6-2-1-3-7-13/h1-3,6-7,12,17H,4-5,8-11H2,(H,15,18). The van der Waals surface area contributed by atoms with Gasteiger partial charge in [-0.3, -0.25) is 0 Å². The van der Waals surface area contributed by atoms with E-state index in [1.165, 1.54) is 0 Å². The molecule has 0 radical (unpaired) electrons. The van der Waals surface area contributed by atoms with E-state index in [9.17, 15) is 4.79 Å². The molecule has 4 heteroatoms. The molecule has 0 saturated carbocycles. The zero-order valence-corrected chi connectivity index (χ0v) is 10.5. The number of aliphatic hydroxyl groups is 1. The van der Waals surface area contributed by atoms with E-state index in [0.717, 1.165) is 38.0 Å². The fraction of sp³-hybridized carbons (Fsp3) is 0.500. The topological polar surface area (TPSA) is 52.6 Å². The van der Waals surface area contributed by atoms with Crippen LogP contribution in [0.2, 0.25) is 0 Å². The molecule has 4 nitrogen and oxygen atoms in total. The Bertz CT molecular complexity index is 379. The van der Waals surface area contributed by atoms with Gasteiger partial charge in [0, 0.05) is 25.4 Å². The molecule has 98 valence electrons. The number of urea groups is 1. The maximum Gasteiger partial charge on any atom is 0.321 e. The highest BCUT2D eigenvalue weighted by Gasteiger charge is 2.23. The van der Waals surface area contributed by atoms with Gasteiger partial charge in [0.2, 0.25) is 0 Å². The Morgan fingerprint density at radius 3 is 2.89 bits per heavy atom. The molecule has 2 N–H and O–H groups in total. The number of amides is 2. The third kappa shape index (κ3) is 3.47. The molecule has 1 heterocycles. The third-order valence-corrected chi connectivity index (χ3v) is 3.37. The first kappa shape index (κ1) is 12.9. The van der Waals surface area contributed by atoms with Crippen molar-refractivity contribution in [3.63, 3.8) is 0 Å². The smallest absolute Gasteiger partial charge is 0.321 e. The summed E-state index contributed by atoms with van der Waals surface area (Å²) in [6.45, 7) is 1.76. The maximum absolute atomic E-state index is 12.1. The minimum atomic E-state index is -0.0381. The quantitative estimate of drug-likeness (QED) is 0.862. The number of rotatable bonds is 3. The van der Waals surface area contributed by atoms with Crippen molar-refractivity contribution in [3.8, 4) is 0 Å². The zero-order valence-electron chi connectivity index (χ0n) is 10.5. The highest BCUT2D eigenvalue weighted by Crippen LogP contribution is 2.20. The number of nitrogens with one attached hydrogen (secondary N) is 1. The van der Waals surface area contributed by atoms with Crippen molar-refractivity contribution in [1.29, 1.82) is 0 Å². The lowest BCUT2D eigenvalue weighted by Crippen LogP contribution is -2.42. The Balaban J connectivity index is 1.88. The summed E-state index contributed by atoms with van der Waals surface area (Å²) in [5.74, 6) is 0.435. The number of carbonyl (C=O) groups is 1. The van der Waals surface area contributed by atoms with Gasteiger partial charge < -0.3 is 15.3 Å². The van der Waals surface area contributed by atoms with E-state index in [1.807, 2.05) is 35.2 Å². The minimum absolute atomic E-state index is 0.0381. The van der Waals surface area contributed by atoms with E-state index < -0.39 is 0 Å². The van der Waals surface area contributed by atoms with Crippen LogP contribution in [-0.2, 0) is 0 Å². The van der Waals surface area contributed by atoms with Gasteiger partial charge in [-0.15, -0.1) is 0 Å². The van der Waals surface area contributed by atoms with Crippen LogP contribution in [0.1, 0.15) is 19.3 Å². The molecule has 2 amide bonds. The summed E-state index contributed by atoms with van der Waals surface area (Å²) in [6.07, 6.45) is 2.91. The van der Waals surface area contributed by atoms with Crippen LogP contribution in [0.15, 0.2) is 30.3 Å². The highest BCUT2D eigenvalue weighted by atomic mass is 16.3. The van der Waals surface area contributed by atoms with Gasteiger partial charge in [0.1, 0.15) is 0 Å². The van der Waals surface area contributed by atoms with E-state index in [0.29, 0.717) is 5.92 Å². The summed E-state index contributed by atoms with van der Waals surface area (Å²) in [5.41, 5.74) is 0.826. The Kier molecular flexibility index (Phi) is 4.59. The van der Waals surface area contributed by atoms with Crippen molar-refractivity contribution in [2.24, 2.45) is 5.92 Å². The lowest BCUT2D eigenvalue weighted by atomic mass is 9.95. The molecular formula is C14H20N2O2. The van der Waals surface area contributed by atoms with E-state index in [-0.39, 0.29) is 12.6 Å². The Morgan fingerprint density at radius 2 is 2.17 bits per heavy atom. The fourth-order valence-electron chi connectivity index (χ4n) is 2.39. The molecule has 0 bridgehead atoms. The van der Waals surface area contributed by atoms with Crippen LogP contribution in [0.25, 0.3) is 0 Å². The van der Waals surface area contributed by atoms with Gasteiger partial charge in [0.15, 0.2) is 0 Å². The molecule has 0 spiro atoms. The lowest BCUT2D eigenvalue weighted by molar-refractivity contribution is 0.159. The molecule has 1 aromatic rings.